The second-order valence-electron chi connectivity index (χ2n) is 7.66. The Balaban J connectivity index is 2.19. The number of aromatic hydroxyl groups is 1. The number of aromatic nitrogens is 1. The zero-order valence-electron chi connectivity index (χ0n) is 17.3. The van der Waals surface area contributed by atoms with E-state index >= 15 is 0 Å². The summed E-state index contributed by atoms with van der Waals surface area (Å²) in [5.41, 5.74) is 0.916. The Hall–Kier alpha value is -3.65. The fourth-order valence-corrected chi connectivity index (χ4v) is 5.96. The van der Waals surface area contributed by atoms with Crippen LogP contribution < -0.4 is 0 Å². The van der Waals surface area contributed by atoms with Crippen molar-refractivity contribution in [3.63, 3.8) is 0 Å². The van der Waals surface area contributed by atoms with Crippen molar-refractivity contribution in [3.05, 3.63) is 83.8 Å². The van der Waals surface area contributed by atoms with Gasteiger partial charge in [0.1, 0.15) is 16.5 Å². The van der Waals surface area contributed by atoms with Crippen LogP contribution in [0.5, 0.6) is 5.75 Å². The summed E-state index contributed by atoms with van der Waals surface area (Å²) in [4.78, 5) is 11.2. The lowest BCUT2D eigenvalue weighted by molar-refractivity contribution is 0.0692. The minimum atomic E-state index is -4.37. The van der Waals surface area contributed by atoms with Crippen molar-refractivity contribution >= 4 is 26.7 Å². The summed E-state index contributed by atoms with van der Waals surface area (Å²) >= 11 is 0. The standard InChI is InChI=1S/C24H20FNO5S/c1-14(2)22-23(32(30,31)20-9-4-3-6-17(20)24(28)29)21-18(7-5-8-19(21)27)26(22)16-12-10-15(25)11-13-16/h3-14,27H,1-2H3,(H,28,29). The first-order valence-electron chi connectivity index (χ1n) is 9.84. The summed E-state index contributed by atoms with van der Waals surface area (Å²) in [6.45, 7) is 3.60. The summed E-state index contributed by atoms with van der Waals surface area (Å²) in [6.07, 6.45) is 0. The average molecular weight is 453 g/mol. The topological polar surface area (TPSA) is 96.6 Å². The molecule has 0 spiro atoms. The van der Waals surface area contributed by atoms with E-state index in [0.717, 1.165) is 0 Å². The predicted octanol–water partition coefficient (Wildman–Crippen LogP) is 5.13. The van der Waals surface area contributed by atoms with Crippen molar-refractivity contribution in [1.29, 1.82) is 0 Å². The van der Waals surface area contributed by atoms with E-state index in [1.54, 1.807) is 30.5 Å². The van der Waals surface area contributed by atoms with E-state index in [-0.39, 0.29) is 32.4 Å². The minimum Gasteiger partial charge on any atom is -0.507 e. The van der Waals surface area contributed by atoms with Gasteiger partial charge >= 0.3 is 5.97 Å². The molecule has 6 nitrogen and oxygen atoms in total. The largest absolute Gasteiger partial charge is 0.507 e. The van der Waals surface area contributed by atoms with Gasteiger partial charge in [0, 0.05) is 11.4 Å². The van der Waals surface area contributed by atoms with Gasteiger partial charge in [0.05, 0.1) is 21.4 Å². The molecule has 3 aromatic carbocycles. The molecule has 0 aliphatic carbocycles. The van der Waals surface area contributed by atoms with Gasteiger partial charge in [-0.2, -0.15) is 0 Å². The van der Waals surface area contributed by atoms with Crippen LogP contribution in [0.3, 0.4) is 0 Å². The number of hydrogen-bond donors (Lipinski definition) is 2. The van der Waals surface area contributed by atoms with Gasteiger partial charge in [-0.05, 0) is 54.4 Å². The van der Waals surface area contributed by atoms with E-state index in [2.05, 4.69) is 0 Å². The van der Waals surface area contributed by atoms with Crippen molar-refractivity contribution in [1.82, 2.24) is 4.57 Å². The Labute approximate surface area is 184 Å². The molecule has 2 N–H and O–H groups in total. The number of halogens is 1. The third kappa shape index (κ3) is 3.33. The Morgan fingerprint density at radius 3 is 2.25 bits per heavy atom. The Morgan fingerprint density at radius 2 is 1.62 bits per heavy atom. The molecule has 32 heavy (non-hydrogen) atoms. The number of aromatic carboxylic acids is 1. The number of fused-ring (bicyclic) bond motifs is 1. The molecule has 8 heteroatoms. The van der Waals surface area contributed by atoms with Gasteiger partial charge in [0.2, 0.25) is 9.84 Å². The fourth-order valence-electron chi connectivity index (χ4n) is 3.96. The molecule has 4 rings (SSSR count). The Kier molecular flexibility index (Phi) is 5.26. The number of benzene rings is 3. The number of sulfone groups is 1. The molecule has 164 valence electrons. The van der Waals surface area contributed by atoms with E-state index in [0.29, 0.717) is 16.9 Å². The number of carboxylic acid groups (broad SMARTS) is 1. The highest BCUT2D eigenvalue weighted by Crippen LogP contribution is 2.43. The molecule has 0 bridgehead atoms. The zero-order valence-corrected chi connectivity index (χ0v) is 18.1. The van der Waals surface area contributed by atoms with E-state index in [9.17, 15) is 27.8 Å². The molecular formula is C24H20FNO5S. The van der Waals surface area contributed by atoms with Crippen LogP contribution in [0, 0.1) is 5.82 Å². The normalized spacial score (nSPS) is 11.9. The molecule has 1 aromatic heterocycles. The molecule has 0 amide bonds. The lowest BCUT2D eigenvalue weighted by Gasteiger charge is -2.16. The smallest absolute Gasteiger partial charge is 0.337 e. The van der Waals surface area contributed by atoms with Gasteiger partial charge < -0.3 is 14.8 Å². The molecule has 0 radical (unpaired) electrons. The van der Waals surface area contributed by atoms with Crippen LogP contribution >= 0.6 is 0 Å². The summed E-state index contributed by atoms with van der Waals surface area (Å²) in [5, 5.41) is 20.4. The quantitative estimate of drug-likeness (QED) is 0.437. The van der Waals surface area contributed by atoms with Crippen LogP contribution in [0.1, 0.15) is 35.8 Å². The number of phenolic OH excluding ortho intramolecular Hbond substituents is 1. The van der Waals surface area contributed by atoms with Crippen molar-refractivity contribution < 1.29 is 27.8 Å². The third-order valence-corrected chi connectivity index (χ3v) is 7.16. The zero-order chi connectivity index (χ0) is 23.2. The lowest BCUT2D eigenvalue weighted by atomic mass is 10.1. The van der Waals surface area contributed by atoms with Crippen molar-refractivity contribution in [2.45, 2.75) is 29.6 Å². The maximum atomic E-state index is 13.9. The molecule has 0 unspecified atom stereocenters. The van der Waals surface area contributed by atoms with Gasteiger partial charge in [0.25, 0.3) is 0 Å². The van der Waals surface area contributed by atoms with E-state index in [1.165, 1.54) is 54.6 Å². The van der Waals surface area contributed by atoms with Crippen LogP contribution in [0.25, 0.3) is 16.6 Å². The van der Waals surface area contributed by atoms with Crippen LogP contribution in [-0.2, 0) is 9.84 Å². The first-order valence-corrected chi connectivity index (χ1v) is 11.3. The molecule has 0 fully saturated rings. The average Bonchev–Trinajstić information content (AvgIpc) is 3.12. The van der Waals surface area contributed by atoms with Gasteiger partial charge in [-0.1, -0.05) is 32.0 Å². The minimum absolute atomic E-state index is 0.0840. The number of rotatable bonds is 5. The highest BCUT2D eigenvalue weighted by molar-refractivity contribution is 7.92. The SMILES string of the molecule is CC(C)c1c(S(=O)(=O)c2ccccc2C(=O)O)c2c(O)cccc2n1-c1ccc(F)cc1. The summed E-state index contributed by atoms with van der Waals surface area (Å²) < 4.78 is 43.0. The van der Waals surface area contributed by atoms with Crippen molar-refractivity contribution in [2.24, 2.45) is 0 Å². The van der Waals surface area contributed by atoms with E-state index < -0.39 is 21.6 Å². The highest BCUT2D eigenvalue weighted by Gasteiger charge is 2.34. The lowest BCUT2D eigenvalue weighted by Crippen LogP contribution is -2.12. The van der Waals surface area contributed by atoms with Crippen LogP contribution in [0.4, 0.5) is 4.39 Å². The molecule has 4 aromatic rings. The molecule has 0 atom stereocenters. The van der Waals surface area contributed by atoms with Crippen molar-refractivity contribution in [3.8, 4) is 11.4 Å². The third-order valence-electron chi connectivity index (χ3n) is 5.27. The highest BCUT2D eigenvalue weighted by atomic mass is 32.2. The van der Waals surface area contributed by atoms with Crippen LogP contribution in [-0.4, -0.2) is 29.2 Å². The van der Waals surface area contributed by atoms with Crippen LogP contribution in [0.2, 0.25) is 0 Å². The molecule has 0 aliphatic heterocycles. The van der Waals surface area contributed by atoms with Gasteiger partial charge in [-0.15, -0.1) is 0 Å². The fraction of sp³-hybridized carbons (Fsp3) is 0.125. The molecule has 0 saturated heterocycles. The maximum Gasteiger partial charge on any atom is 0.337 e. The van der Waals surface area contributed by atoms with Gasteiger partial charge in [0.15, 0.2) is 0 Å². The predicted molar refractivity (Wildman–Crippen MR) is 118 cm³/mol. The van der Waals surface area contributed by atoms with E-state index in [1.807, 2.05) is 0 Å². The maximum absolute atomic E-state index is 13.9. The molecule has 0 aliphatic rings. The van der Waals surface area contributed by atoms with Gasteiger partial charge in [-0.25, -0.2) is 17.6 Å². The number of carboxylic acids is 1. The number of phenols is 1. The number of hydrogen-bond acceptors (Lipinski definition) is 4. The first-order chi connectivity index (χ1) is 15.1. The number of carbonyl (C=O) groups is 1. The summed E-state index contributed by atoms with van der Waals surface area (Å²) in [6, 6.07) is 15.6. The van der Waals surface area contributed by atoms with Gasteiger partial charge in [-0.3, -0.25) is 0 Å². The summed E-state index contributed by atoms with van der Waals surface area (Å²) in [5.74, 6) is -2.41. The molecule has 0 saturated carbocycles. The second kappa shape index (κ2) is 7.80. The number of nitrogens with zero attached hydrogens (tertiary/aromatic N) is 1. The summed E-state index contributed by atoms with van der Waals surface area (Å²) in [7, 11) is -4.37. The van der Waals surface area contributed by atoms with Crippen molar-refractivity contribution in [2.75, 3.05) is 0 Å². The Bertz CT molecular complexity index is 1450. The molecule has 1 heterocycles. The monoisotopic (exact) mass is 453 g/mol. The first kappa shape index (κ1) is 21.6. The van der Waals surface area contributed by atoms with E-state index in [4.69, 9.17) is 0 Å². The van der Waals surface area contributed by atoms with Crippen LogP contribution in [0.15, 0.2) is 76.5 Å². The second-order valence-corrected chi connectivity index (χ2v) is 9.51. The molecular weight excluding hydrogens is 433 g/mol. The Morgan fingerprint density at radius 1 is 0.969 bits per heavy atom.